The highest BCUT2D eigenvalue weighted by atomic mass is 35.5. The van der Waals surface area contributed by atoms with Crippen LogP contribution >= 0.6 is 11.6 Å². The standard InChI is InChI=1S/C19H25ClF3N3OSi/c1-28(2,3)7-6-27-12-26-18(20)10-19(24-26)25-11-14(22)9-17(25)15-8-13(21)4-5-16(15)23/h4-5,8,10,14,17H,6-7,9,11-12H2,1-3H3/t14-,17+/m0/s1. The predicted octanol–water partition coefficient (Wildman–Crippen LogP) is 5.42. The van der Waals surface area contributed by atoms with E-state index >= 15 is 0 Å². The topological polar surface area (TPSA) is 30.3 Å². The van der Waals surface area contributed by atoms with E-state index in [0.717, 1.165) is 24.2 Å². The average Bonchev–Trinajstić information content (AvgIpc) is 3.16. The van der Waals surface area contributed by atoms with E-state index in [-0.39, 0.29) is 25.3 Å². The van der Waals surface area contributed by atoms with Crippen molar-refractivity contribution in [2.75, 3.05) is 18.1 Å². The molecule has 0 bridgehead atoms. The van der Waals surface area contributed by atoms with Crippen LogP contribution in [0.25, 0.3) is 0 Å². The molecule has 154 valence electrons. The first-order valence-electron chi connectivity index (χ1n) is 9.31. The third-order valence-corrected chi connectivity index (χ3v) is 6.80. The van der Waals surface area contributed by atoms with Crippen LogP contribution in [0.5, 0.6) is 0 Å². The molecule has 1 aromatic heterocycles. The Balaban J connectivity index is 1.75. The molecule has 4 nitrogen and oxygen atoms in total. The summed E-state index contributed by atoms with van der Waals surface area (Å²) in [5.74, 6) is -0.698. The van der Waals surface area contributed by atoms with Gasteiger partial charge in [0.25, 0.3) is 0 Å². The van der Waals surface area contributed by atoms with Crippen LogP contribution in [0.2, 0.25) is 30.8 Å². The van der Waals surface area contributed by atoms with E-state index in [9.17, 15) is 13.2 Å². The first-order chi connectivity index (χ1) is 13.1. The number of aromatic nitrogens is 2. The molecule has 2 atom stereocenters. The van der Waals surface area contributed by atoms with Gasteiger partial charge < -0.3 is 9.64 Å². The molecular formula is C19H25ClF3N3OSi. The van der Waals surface area contributed by atoms with Gasteiger partial charge in [-0.3, -0.25) is 0 Å². The van der Waals surface area contributed by atoms with E-state index < -0.39 is 31.9 Å². The number of anilines is 1. The van der Waals surface area contributed by atoms with Crippen LogP contribution in [0.15, 0.2) is 24.3 Å². The van der Waals surface area contributed by atoms with Gasteiger partial charge >= 0.3 is 0 Å². The van der Waals surface area contributed by atoms with E-state index in [1.165, 1.54) is 4.68 Å². The normalized spacial score (nSPS) is 20.2. The van der Waals surface area contributed by atoms with Gasteiger partial charge in [0.05, 0.1) is 12.6 Å². The third-order valence-electron chi connectivity index (χ3n) is 4.79. The maximum Gasteiger partial charge on any atom is 0.152 e. The Hall–Kier alpha value is -1.51. The van der Waals surface area contributed by atoms with Gasteiger partial charge in [-0.05, 0) is 24.2 Å². The molecule has 0 aliphatic carbocycles. The molecule has 1 fully saturated rings. The molecule has 0 radical (unpaired) electrons. The van der Waals surface area contributed by atoms with Gasteiger partial charge in [0.1, 0.15) is 29.7 Å². The van der Waals surface area contributed by atoms with Crippen molar-refractivity contribution in [2.24, 2.45) is 0 Å². The van der Waals surface area contributed by atoms with Crippen molar-refractivity contribution < 1.29 is 17.9 Å². The second-order valence-electron chi connectivity index (χ2n) is 8.34. The average molecular weight is 432 g/mol. The van der Waals surface area contributed by atoms with Gasteiger partial charge in [0.15, 0.2) is 5.82 Å². The summed E-state index contributed by atoms with van der Waals surface area (Å²) in [6.07, 6.45) is -1.10. The molecule has 1 aliphatic heterocycles. The van der Waals surface area contributed by atoms with Gasteiger partial charge in [-0.25, -0.2) is 17.9 Å². The van der Waals surface area contributed by atoms with Crippen molar-refractivity contribution >= 4 is 25.5 Å². The number of hydrogen-bond donors (Lipinski definition) is 0. The third kappa shape index (κ3) is 5.10. The highest BCUT2D eigenvalue weighted by Gasteiger charge is 2.36. The molecule has 0 saturated carbocycles. The Bertz CT molecular complexity index is 827. The van der Waals surface area contributed by atoms with Crippen molar-refractivity contribution in [3.8, 4) is 0 Å². The van der Waals surface area contributed by atoms with Gasteiger partial charge in [-0.15, -0.1) is 0 Å². The smallest absolute Gasteiger partial charge is 0.152 e. The quantitative estimate of drug-likeness (QED) is 0.433. The monoisotopic (exact) mass is 431 g/mol. The zero-order valence-corrected chi connectivity index (χ0v) is 18.0. The second-order valence-corrected chi connectivity index (χ2v) is 14.3. The molecule has 3 rings (SSSR count). The molecule has 1 aliphatic rings. The molecule has 0 amide bonds. The van der Waals surface area contributed by atoms with Gasteiger partial charge in [0, 0.05) is 32.7 Å². The number of hydrogen-bond acceptors (Lipinski definition) is 3. The van der Waals surface area contributed by atoms with Crippen molar-refractivity contribution in [2.45, 2.75) is 51.1 Å². The Morgan fingerprint density at radius 3 is 2.71 bits per heavy atom. The summed E-state index contributed by atoms with van der Waals surface area (Å²) < 4.78 is 49.2. The van der Waals surface area contributed by atoms with E-state index in [4.69, 9.17) is 16.3 Å². The molecule has 1 aromatic carbocycles. The number of ether oxygens (including phenoxy) is 1. The van der Waals surface area contributed by atoms with Crippen LogP contribution < -0.4 is 4.90 Å². The number of alkyl halides is 1. The van der Waals surface area contributed by atoms with Crippen LogP contribution in [0.1, 0.15) is 18.0 Å². The number of halogens is 4. The van der Waals surface area contributed by atoms with E-state index in [1.54, 1.807) is 11.0 Å². The van der Waals surface area contributed by atoms with Crippen molar-refractivity contribution in [3.05, 3.63) is 46.6 Å². The van der Waals surface area contributed by atoms with E-state index in [1.807, 2.05) is 0 Å². The Labute approximate surface area is 169 Å². The fraction of sp³-hybridized carbons (Fsp3) is 0.526. The van der Waals surface area contributed by atoms with E-state index in [2.05, 4.69) is 24.7 Å². The predicted molar refractivity (Wildman–Crippen MR) is 107 cm³/mol. The molecule has 0 N–H and O–H groups in total. The summed E-state index contributed by atoms with van der Waals surface area (Å²) in [5.41, 5.74) is 0.122. The minimum Gasteiger partial charge on any atom is -0.359 e. The fourth-order valence-corrected chi connectivity index (χ4v) is 4.19. The lowest BCUT2D eigenvalue weighted by Crippen LogP contribution is -2.25. The zero-order chi connectivity index (χ0) is 20.5. The number of benzene rings is 1. The van der Waals surface area contributed by atoms with Crippen molar-refractivity contribution in [3.63, 3.8) is 0 Å². The maximum atomic E-state index is 14.2. The highest BCUT2D eigenvalue weighted by molar-refractivity contribution is 6.76. The van der Waals surface area contributed by atoms with Crippen LogP contribution in [-0.2, 0) is 11.5 Å². The Morgan fingerprint density at radius 1 is 1.25 bits per heavy atom. The second kappa shape index (κ2) is 8.47. The minimum atomic E-state index is -1.19. The van der Waals surface area contributed by atoms with Crippen LogP contribution in [0.4, 0.5) is 19.0 Å². The summed E-state index contributed by atoms with van der Waals surface area (Å²) in [7, 11) is -1.19. The van der Waals surface area contributed by atoms with Crippen LogP contribution in [0.3, 0.4) is 0 Å². The summed E-state index contributed by atoms with van der Waals surface area (Å²) >= 11 is 6.25. The molecule has 0 spiro atoms. The Morgan fingerprint density at radius 2 is 2.00 bits per heavy atom. The summed E-state index contributed by atoms with van der Waals surface area (Å²) in [5, 5.41) is 4.75. The van der Waals surface area contributed by atoms with Gasteiger partial charge in [-0.1, -0.05) is 31.2 Å². The van der Waals surface area contributed by atoms with Gasteiger partial charge in [-0.2, -0.15) is 5.10 Å². The molecule has 0 unspecified atom stereocenters. The Kier molecular flexibility index (Phi) is 6.41. The first-order valence-corrected chi connectivity index (χ1v) is 13.4. The van der Waals surface area contributed by atoms with Crippen LogP contribution in [-0.4, -0.2) is 37.2 Å². The summed E-state index contributed by atoms with van der Waals surface area (Å²) in [6, 6.07) is 5.21. The molecule has 2 heterocycles. The lowest BCUT2D eigenvalue weighted by Gasteiger charge is -2.24. The van der Waals surface area contributed by atoms with Crippen molar-refractivity contribution in [1.82, 2.24) is 9.78 Å². The molecule has 2 aromatic rings. The highest BCUT2D eigenvalue weighted by Crippen LogP contribution is 2.38. The largest absolute Gasteiger partial charge is 0.359 e. The van der Waals surface area contributed by atoms with Crippen molar-refractivity contribution in [1.29, 1.82) is 0 Å². The van der Waals surface area contributed by atoms with Crippen LogP contribution in [0, 0.1) is 11.6 Å². The SMILES string of the molecule is C[Si](C)(C)CCOCn1nc(N2C[C@@H](F)C[C@@H]2c2cc(F)ccc2F)cc1Cl. The first kappa shape index (κ1) is 21.2. The lowest BCUT2D eigenvalue weighted by atomic mass is 10.0. The van der Waals surface area contributed by atoms with Gasteiger partial charge in [0.2, 0.25) is 0 Å². The molecule has 1 saturated heterocycles. The zero-order valence-electron chi connectivity index (χ0n) is 16.3. The molecule has 28 heavy (non-hydrogen) atoms. The summed E-state index contributed by atoms with van der Waals surface area (Å²) in [4.78, 5) is 1.63. The maximum absolute atomic E-state index is 14.2. The van der Waals surface area contributed by atoms with E-state index in [0.29, 0.717) is 17.6 Å². The minimum absolute atomic E-state index is 0.0461. The fourth-order valence-electron chi connectivity index (χ4n) is 3.24. The number of nitrogens with zero attached hydrogens (tertiary/aromatic N) is 3. The summed E-state index contributed by atoms with van der Waals surface area (Å²) in [6.45, 7) is 7.65. The number of rotatable bonds is 7. The molecular weight excluding hydrogens is 407 g/mol. The molecule has 9 heteroatoms. The lowest BCUT2D eigenvalue weighted by molar-refractivity contribution is 0.0789.